The number of hydrogen-bond donors (Lipinski definition) is 2. The third-order valence-electron chi connectivity index (χ3n) is 3.10. The zero-order valence-corrected chi connectivity index (χ0v) is 12.8. The molecule has 0 saturated carbocycles. The standard InChI is InChI=1S/C14H17NO5S/c1-9-11(8-16)14(10(2)20-9)21(17,18)15-12-6-4-5-7-13(12)19-3/h4-7,15-16H,8H2,1-3H3. The molecule has 2 rings (SSSR count). The molecule has 1 aromatic heterocycles. The Bertz CT molecular complexity index is 749. The Balaban J connectivity index is 2.49. The number of hydrogen-bond acceptors (Lipinski definition) is 5. The third-order valence-corrected chi connectivity index (χ3v) is 4.66. The molecule has 0 atom stereocenters. The van der Waals surface area contributed by atoms with Crippen molar-refractivity contribution >= 4 is 15.7 Å². The second-order valence-corrected chi connectivity index (χ2v) is 6.11. The summed E-state index contributed by atoms with van der Waals surface area (Å²) in [6.07, 6.45) is 0. The zero-order chi connectivity index (χ0) is 15.6. The molecule has 0 saturated heterocycles. The maximum atomic E-state index is 12.5. The fraction of sp³-hybridized carbons (Fsp3) is 0.286. The Kier molecular flexibility index (Phi) is 4.24. The summed E-state index contributed by atoms with van der Waals surface area (Å²) in [6, 6.07) is 6.68. The van der Waals surface area contributed by atoms with Crippen LogP contribution in [-0.2, 0) is 16.6 Å². The second kappa shape index (κ2) is 5.79. The predicted molar refractivity (Wildman–Crippen MR) is 77.9 cm³/mol. The molecule has 0 aliphatic carbocycles. The molecular weight excluding hydrogens is 294 g/mol. The highest BCUT2D eigenvalue weighted by Crippen LogP contribution is 2.31. The van der Waals surface area contributed by atoms with E-state index in [0.29, 0.717) is 17.2 Å². The minimum atomic E-state index is -3.88. The molecule has 1 aromatic carbocycles. The molecule has 114 valence electrons. The number of sulfonamides is 1. The van der Waals surface area contributed by atoms with Crippen molar-refractivity contribution < 1.29 is 22.7 Å². The van der Waals surface area contributed by atoms with Crippen molar-refractivity contribution in [1.29, 1.82) is 0 Å². The Morgan fingerprint density at radius 2 is 1.90 bits per heavy atom. The van der Waals surface area contributed by atoms with Gasteiger partial charge in [-0.05, 0) is 26.0 Å². The quantitative estimate of drug-likeness (QED) is 0.883. The van der Waals surface area contributed by atoms with Crippen molar-refractivity contribution in [3.8, 4) is 5.75 Å². The van der Waals surface area contributed by atoms with Gasteiger partial charge in [0.05, 0.1) is 19.4 Å². The third kappa shape index (κ3) is 2.88. The first kappa shape index (κ1) is 15.4. The van der Waals surface area contributed by atoms with Crippen molar-refractivity contribution in [3.05, 3.63) is 41.3 Å². The van der Waals surface area contributed by atoms with E-state index in [1.807, 2.05) is 0 Å². The van der Waals surface area contributed by atoms with Crippen LogP contribution in [0.4, 0.5) is 5.69 Å². The number of benzene rings is 1. The molecule has 0 bridgehead atoms. The molecule has 21 heavy (non-hydrogen) atoms. The smallest absolute Gasteiger partial charge is 0.265 e. The average Bonchev–Trinajstić information content (AvgIpc) is 2.73. The summed E-state index contributed by atoms with van der Waals surface area (Å²) >= 11 is 0. The summed E-state index contributed by atoms with van der Waals surface area (Å²) in [6.45, 7) is 2.75. The predicted octanol–water partition coefficient (Wildman–Crippen LogP) is 2.20. The summed E-state index contributed by atoms with van der Waals surface area (Å²) < 4.78 is 38.0. The lowest BCUT2D eigenvalue weighted by Crippen LogP contribution is -2.15. The molecule has 0 aliphatic rings. The molecule has 0 amide bonds. The monoisotopic (exact) mass is 311 g/mol. The van der Waals surface area contributed by atoms with Gasteiger partial charge in [-0.25, -0.2) is 8.42 Å². The highest BCUT2D eigenvalue weighted by Gasteiger charge is 2.27. The normalized spacial score (nSPS) is 11.4. The molecule has 1 heterocycles. The van der Waals surface area contributed by atoms with Crippen LogP contribution < -0.4 is 9.46 Å². The Labute approximate surface area is 123 Å². The van der Waals surface area contributed by atoms with E-state index in [1.165, 1.54) is 7.11 Å². The lowest BCUT2D eigenvalue weighted by molar-refractivity contribution is 0.276. The van der Waals surface area contributed by atoms with Gasteiger partial charge < -0.3 is 14.3 Å². The summed E-state index contributed by atoms with van der Waals surface area (Å²) in [7, 11) is -2.42. The van der Waals surface area contributed by atoms with Gasteiger partial charge in [-0.3, -0.25) is 4.72 Å². The maximum absolute atomic E-state index is 12.5. The van der Waals surface area contributed by atoms with Gasteiger partial charge in [-0.1, -0.05) is 12.1 Å². The largest absolute Gasteiger partial charge is 0.495 e. The van der Waals surface area contributed by atoms with E-state index >= 15 is 0 Å². The van der Waals surface area contributed by atoms with E-state index in [1.54, 1.807) is 38.1 Å². The summed E-state index contributed by atoms with van der Waals surface area (Å²) in [5.74, 6) is 1.03. The van der Waals surface area contributed by atoms with Crippen LogP contribution in [0.3, 0.4) is 0 Å². The number of aliphatic hydroxyl groups excluding tert-OH is 1. The first-order chi connectivity index (χ1) is 9.90. The molecule has 0 radical (unpaired) electrons. The van der Waals surface area contributed by atoms with E-state index in [4.69, 9.17) is 9.15 Å². The van der Waals surface area contributed by atoms with Gasteiger partial charge in [0.1, 0.15) is 22.2 Å². The molecular formula is C14H17NO5S. The van der Waals surface area contributed by atoms with Crippen LogP contribution in [0.25, 0.3) is 0 Å². The Morgan fingerprint density at radius 1 is 1.24 bits per heavy atom. The lowest BCUT2D eigenvalue weighted by Gasteiger charge is -2.12. The maximum Gasteiger partial charge on any atom is 0.265 e. The van der Waals surface area contributed by atoms with Crippen LogP contribution in [0, 0.1) is 13.8 Å². The number of aryl methyl sites for hydroxylation is 2. The number of methoxy groups -OCH3 is 1. The first-order valence-electron chi connectivity index (χ1n) is 6.26. The molecule has 0 aliphatic heterocycles. The van der Waals surface area contributed by atoms with E-state index < -0.39 is 16.6 Å². The zero-order valence-electron chi connectivity index (χ0n) is 12.0. The van der Waals surface area contributed by atoms with E-state index in [9.17, 15) is 13.5 Å². The minimum absolute atomic E-state index is 0.0339. The molecule has 6 nitrogen and oxygen atoms in total. The van der Waals surface area contributed by atoms with E-state index in [0.717, 1.165) is 0 Å². The number of ether oxygens (including phenoxy) is 1. The number of rotatable bonds is 5. The molecule has 0 fully saturated rings. The molecule has 0 spiro atoms. The van der Waals surface area contributed by atoms with Gasteiger partial charge in [0.15, 0.2) is 0 Å². The summed E-state index contributed by atoms with van der Waals surface area (Å²) in [5, 5.41) is 9.37. The Morgan fingerprint density at radius 3 is 2.52 bits per heavy atom. The fourth-order valence-electron chi connectivity index (χ4n) is 2.17. The van der Waals surface area contributed by atoms with Crippen LogP contribution in [0.2, 0.25) is 0 Å². The van der Waals surface area contributed by atoms with Crippen LogP contribution in [0.1, 0.15) is 17.1 Å². The SMILES string of the molecule is COc1ccccc1NS(=O)(=O)c1c(C)oc(C)c1CO. The van der Waals surface area contributed by atoms with Gasteiger partial charge in [-0.2, -0.15) is 0 Å². The topological polar surface area (TPSA) is 88.8 Å². The molecule has 7 heteroatoms. The van der Waals surface area contributed by atoms with E-state index in [2.05, 4.69) is 4.72 Å². The van der Waals surface area contributed by atoms with Crippen molar-refractivity contribution in [2.75, 3.05) is 11.8 Å². The second-order valence-electron chi connectivity index (χ2n) is 4.49. The first-order valence-corrected chi connectivity index (χ1v) is 7.74. The van der Waals surface area contributed by atoms with Crippen LogP contribution in [0.5, 0.6) is 5.75 Å². The highest BCUT2D eigenvalue weighted by molar-refractivity contribution is 7.92. The van der Waals surface area contributed by atoms with Gasteiger partial charge in [0.25, 0.3) is 10.0 Å². The Hall–Kier alpha value is -1.99. The van der Waals surface area contributed by atoms with Crippen molar-refractivity contribution in [1.82, 2.24) is 0 Å². The van der Waals surface area contributed by atoms with E-state index in [-0.39, 0.29) is 16.2 Å². The number of para-hydroxylation sites is 2. The van der Waals surface area contributed by atoms with Crippen LogP contribution >= 0.6 is 0 Å². The summed E-state index contributed by atoms with van der Waals surface area (Å²) in [5.41, 5.74) is 0.581. The van der Waals surface area contributed by atoms with Crippen molar-refractivity contribution in [2.45, 2.75) is 25.3 Å². The van der Waals surface area contributed by atoms with Gasteiger partial charge in [0, 0.05) is 5.56 Å². The van der Waals surface area contributed by atoms with Gasteiger partial charge in [-0.15, -0.1) is 0 Å². The van der Waals surface area contributed by atoms with Gasteiger partial charge in [0.2, 0.25) is 0 Å². The minimum Gasteiger partial charge on any atom is -0.495 e. The lowest BCUT2D eigenvalue weighted by atomic mass is 10.2. The van der Waals surface area contributed by atoms with Crippen LogP contribution in [0.15, 0.2) is 33.6 Å². The molecule has 0 unspecified atom stereocenters. The number of nitrogens with one attached hydrogen (secondary N) is 1. The number of aliphatic hydroxyl groups is 1. The molecule has 2 N–H and O–H groups in total. The number of anilines is 1. The van der Waals surface area contributed by atoms with Crippen molar-refractivity contribution in [3.63, 3.8) is 0 Å². The summed E-state index contributed by atoms with van der Waals surface area (Å²) in [4.78, 5) is -0.0339. The van der Waals surface area contributed by atoms with Crippen molar-refractivity contribution in [2.24, 2.45) is 0 Å². The number of furan rings is 1. The fourth-order valence-corrected chi connectivity index (χ4v) is 3.68. The highest BCUT2D eigenvalue weighted by atomic mass is 32.2. The average molecular weight is 311 g/mol. The van der Waals surface area contributed by atoms with Crippen LogP contribution in [-0.4, -0.2) is 20.6 Å². The molecule has 2 aromatic rings. The van der Waals surface area contributed by atoms with Gasteiger partial charge >= 0.3 is 0 Å².